The van der Waals surface area contributed by atoms with Crippen molar-refractivity contribution in [2.75, 3.05) is 27.2 Å². The summed E-state index contributed by atoms with van der Waals surface area (Å²) in [6.45, 7) is 2.09. The third-order valence-corrected chi connectivity index (χ3v) is 4.10. The van der Waals surface area contributed by atoms with Gasteiger partial charge in [-0.2, -0.15) is 0 Å². The van der Waals surface area contributed by atoms with Gasteiger partial charge in [-0.3, -0.25) is 4.99 Å². The number of guanidine groups is 1. The van der Waals surface area contributed by atoms with Crippen LogP contribution in [0.2, 0.25) is 0 Å². The summed E-state index contributed by atoms with van der Waals surface area (Å²) in [7, 11) is 4.11. The maximum atomic E-state index is 4.25. The normalized spacial score (nSPS) is 21.1. The smallest absolute Gasteiger partial charge is 0.191 e. The molecule has 2 aliphatic rings. The van der Waals surface area contributed by atoms with Gasteiger partial charge in [0.15, 0.2) is 5.96 Å². The summed E-state index contributed by atoms with van der Waals surface area (Å²) in [6.07, 6.45) is 9.60. The van der Waals surface area contributed by atoms with Gasteiger partial charge < -0.3 is 15.5 Å². The van der Waals surface area contributed by atoms with E-state index in [1.165, 1.54) is 44.9 Å². The zero-order chi connectivity index (χ0) is 12.8. The molecule has 0 aromatic heterocycles. The van der Waals surface area contributed by atoms with Gasteiger partial charge in [0.2, 0.25) is 0 Å². The van der Waals surface area contributed by atoms with Crippen LogP contribution in [0.25, 0.3) is 0 Å². The van der Waals surface area contributed by atoms with Gasteiger partial charge in [0.25, 0.3) is 0 Å². The van der Waals surface area contributed by atoms with Crippen LogP contribution in [0.15, 0.2) is 4.99 Å². The van der Waals surface area contributed by atoms with E-state index in [2.05, 4.69) is 27.6 Å². The fourth-order valence-corrected chi connectivity index (χ4v) is 2.67. The molecule has 2 aliphatic carbocycles. The zero-order valence-corrected chi connectivity index (χ0v) is 14.7. The van der Waals surface area contributed by atoms with Gasteiger partial charge in [-0.1, -0.05) is 19.3 Å². The molecule has 112 valence electrons. The molecule has 0 heterocycles. The van der Waals surface area contributed by atoms with E-state index >= 15 is 0 Å². The van der Waals surface area contributed by atoms with Crippen LogP contribution in [0, 0.1) is 0 Å². The highest BCUT2D eigenvalue weighted by molar-refractivity contribution is 14.0. The fourth-order valence-electron chi connectivity index (χ4n) is 2.67. The van der Waals surface area contributed by atoms with Crippen LogP contribution in [0.5, 0.6) is 0 Å². The summed E-state index contributed by atoms with van der Waals surface area (Å²) in [5.41, 5.74) is 0. The van der Waals surface area contributed by atoms with Crippen molar-refractivity contribution < 1.29 is 0 Å². The summed E-state index contributed by atoms with van der Waals surface area (Å²) in [6, 6.07) is 1.48. The van der Waals surface area contributed by atoms with E-state index in [9.17, 15) is 0 Å². The summed E-state index contributed by atoms with van der Waals surface area (Å²) in [4.78, 5) is 6.76. The van der Waals surface area contributed by atoms with Crippen LogP contribution in [0.4, 0.5) is 0 Å². The number of nitrogens with zero attached hydrogens (tertiary/aromatic N) is 2. The molecule has 2 rings (SSSR count). The quantitative estimate of drug-likeness (QED) is 0.437. The van der Waals surface area contributed by atoms with Gasteiger partial charge in [-0.25, -0.2) is 0 Å². The van der Waals surface area contributed by atoms with Crippen molar-refractivity contribution in [1.29, 1.82) is 0 Å². The average Bonchev–Trinajstić information content (AvgIpc) is 3.22. The second-order valence-electron chi connectivity index (χ2n) is 5.69. The van der Waals surface area contributed by atoms with Gasteiger partial charge in [0.1, 0.15) is 0 Å². The molecule has 0 spiro atoms. The van der Waals surface area contributed by atoms with Crippen LogP contribution < -0.4 is 10.6 Å². The highest BCUT2D eigenvalue weighted by Crippen LogP contribution is 2.21. The molecule has 4 nitrogen and oxygen atoms in total. The molecule has 0 bridgehead atoms. The number of hydrogen-bond acceptors (Lipinski definition) is 2. The summed E-state index contributed by atoms with van der Waals surface area (Å²) < 4.78 is 0. The number of hydrogen-bond donors (Lipinski definition) is 2. The maximum Gasteiger partial charge on any atom is 0.191 e. The Morgan fingerprint density at radius 1 is 1.16 bits per heavy atom. The molecule has 2 saturated carbocycles. The summed E-state index contributed by atoms with van der Waals surface area (Å²) in [5.74, 6) is 0.967. The van der Waals surface area contributed by atoms with Crippen molar-refractivity contribution in [3.05, 3.63) is 0 Å². The van der Waals surface area contributed by atoms with Crippen LogP contribution >= 0.6 is 24.0 Å². The Balaban J connectivity index is 0.00000180. The Kier molecular flexibility index (Phi) is 8.06. The minimum Gasteiger partial charge on any atom is -0.355 e. The summed E-state index contributed by atoms with van der Waals surface area (Å²) in [5, 5.41) is 6.82. The number of halogens is 1. The monoisotopic (exact) mass is 380 g/mol. The topological polar surface area (TPSA) is 39.7 Å². The second kappa shape index (κ2) is 9.00. The van der Waals surface area contributed by atoms with Crippen LogP contribution in [-0.2, 0) is 0 Å². The van der Waals surface area contributed by atoms with Gasteiger partial charge in [0.05, 0.1) is 0 Å². The molecule has 0 aromatic carbocycles. The van der Waals surface area contributed by atoms with E-state index in [4.69, 9.17) is 0 Å². The molecular weight excluding hydrogens is 351 g/mol. The van der Waals surface area contributed by atoms with E-state index in [0.29, 0.717) is 6.04 Å². The Morgan fingerprint density at radius 3 is 2.42 bits per heavy atom. The molecule has 2 fully saturated rings. The Morgan fingerprint density at radius 2 is 1.84 bits per heavy atom. The van der Waals surface area contributed by atoms with Crippen molar-refractivity contribution in [1.82, 2.24) is 15.5 Å². The standard InChI is InChI=1S/C14H28N4.HI/c1-15-14(17-12-8-9-12)16-10-11-18(2)13-6-4-3-5-7-13;/h12-13H,3-11H2,1-2H3,(H2,15,16,17);1H. The molecule has 0 unspecified atom stereocenters. The lowest BCUT2D eigenvalue weighted by Gasteiger charge is -2.31. The Labute approximate surface area is 134 Å². The van der Waals surface area contributed by atoms with E-state index in [1.807, 2.05) is 7.05 Å². The van der Waals surface area contributed by atoms with Gasteiger partial charge >= 0.3 is 0 Å². The van der Waals surface area contributed by atoms with Gasteiger partial charge in [0, 0.05) is 32.2 Å². The minimum absolute atomic E-state index is 0. The third kappa shape index (κ3) is 6.29. The largest absolute Gasteiger partial charge is 0.355 e. The fraction of sp³-hybridized carbons (Fsp3) is 0.929. The lowest BCUT2D eigenvalue weighted by Crippen LogP contribution is -2.43. The van der Waals surface area contributed by atoms with Crippen molar-refractivity contribution in [2.45, 2.75) is 57.0 Å². The number of aliphatic imine (C=N–C) groups is 1. The molecule has 2 N–H and O–H groups in total. The first-order valence-electron chi connectivity index (χ1n) is 7.47. The predicted molar refractivity (Wildman–Crippen MR) is 92.4 cm³/mol. The van der Waals surface area contributed by atoms with Crippen molar-refractivity contribution in [2.24, 2.45) is 4.99 Å². The SMILES string of the molecule is CN=C(NCCN(C)C1CCCCC1)NC1CC1.I. The van der Waals surface area contributed by atoms with Crippen LogP contribution in [-0.4, -0.2) is 50.1 Å². The summed E-state index contributed by atoms with van der Waals surface area (Å²) >= 11 is 0. The number of likely N-dealkylation sites (N-methyl/N-ethyl adjacent to an activating group) is 1. The number of rotatable bonds is 5. The molecule has 5 heteroatoms. The number of nitrogens with one attached hydrogen (secondary N) is 2. The lowest BCUT2D eigenvalue weighted by atomic mass is 9.94. The molecule has 0 radical (unpaired) electrons. The van der Waals surface area contributed by atoms with Crippen molar-refractivity contribution in [3.63, 3.8) is 0 Å². The third-order valence-electron chi connectivity index (χ3n) is 4.10. The molecular formula is C14H29IN4. The zero-order valence-electron chi connectivity index (χ0n) is 12.3. The van der Waals surface area contributed by atoms with Gasteiger partial charge in [-0.15, -0.1) is 24.0 Å². The molecule has 0 aliphatic heterocycles. The highest BCUT2D eigenvalue weighted by atomic mass is 127. The van der Waals surface area contributed by atoms with E-state index < -0.39 is 0 Å². The highest BCUT2D eigenvalue weighted by Gasteiger charge is 2.22. The van der Waals surface area contributed by atoms with E-state index in [0.717, 1.165) is 25.1 Å². The second-order valence-corrected chi connectivity index (χ2v) is 5.69. The Hall–Kier alpha value is -0.0400. The molecule has 19 heavy (non-hydrogen) atoms. The lowest BCUT2D eigenvalue weighted by molar-refractivity contribution is 0.194. The maximum absolute atomic E-state index is 4.25. The van der Waals surface area contributed by atoms with E-state index in [1.54, 1.807) is 0 Å². The first-order valence-corrected chi connectivity index (χ1v) is 7.47. The van der Waals surface area contributed by atoms with Crippen LogP contribution in [0.1, 0.15) is 44.9 Å². The van der Waals surface area contributed by atoms with Crippen molar-refractivity contribution in [3.8, 4) is 0 Å². The van der Waals surface area contributed by atoms with Crippen LogP contribution in [0.3, 0.4) is 0 Å². The molecule has 0 saturated heterocycles. The molecule has 0 atom stereocenters. The van der Waals surface area contributed by atoms with Gasteiger partial charge in [-0.05, 0) is 32.7 Å². The molecule has 0 aromatic rings. The predicted octanol–water partition coefficient (Wildman–Crippen LogP) is 2.20. The average molecular weight is 380 g/mol. The Bertz CT molecular complexity index is 273. The van der Waals surface area contributed by atoms with Crippen molar-refractivity contribution >= 4 is 29.9 Å². The first kappa shape index (κ1) is 17.0. The van der Waals surface area contributed by atoms with E-state index in [-0.39, 0.29) is 24.0 Å². The first-order chi connectivity index (χ1) is 8.79. The molecule has 0 amide bonds. The minimum atomic E-state index is 0.